The van der Waals surface area contributed by atoms with Crippen molar-refractivity contribution in [3.05, 3.63) is 23.8 Å². The van der Waals surface area contributed by atoms with Gasteiger partial charge >= 0.3 is 0 Å². The van der Waals surface area contributed by atoms with Gasteiger partial charge in [0.25, 0.3) is 11.8 Å². The summed E-state index contributed by atoms with van der Waals surface area (Å²) < 4.78 is 10.8. The molecule has 4 heterocycles. The van der Waals surface area contributed by atoms with E-state index in [2.05, 4.69) is 6.07 Å². The van der Waals surface area contributed by atoms with Gasteiger partial charge in [0.2, 0.25) is 6.79 Å². The van der Waals surface area contributed by atoms with Gasteiger partial charge in [-0.2, -0.15) is 5.26 Å². The van der Waals surface area contributed by atoms with E-state index < -0.39 is 21.2 Å². The monoisotopic (exact) mass is 371 g/mol. The number of carbonyl (C=O) groups excluding carboxylic acids is 2. The third-order valence-electron chi connectivity index (χ3n) is 6.09. The Morgan fingerprint density at radius 2 is 1.96 bits per heavy atom. The Hall–Kier alpha value is -2.40. The highest BCUT2D eigenvalue weighted by atomic mass is 32.2. The molecule has 3 saturated heterocycles. The number of amides is 2. The van der Waals surface area contributed by atoms with Gasteiger partial charge in [0, 0.05) is 13.5 Å². The number of nitrogens with zero attached hydrogens (tertiary/aromatic N) is 3. The zero-order chi connectivity index (χ0) is 18.5. The van der Waals surface area contributed by atoms with E-state index >= 15 is 0 Å². The van der Waals surface area contributed by atoms with Crippen LogP contribution >= 0.6 is 11.8 Å². The Morgan fingerprint density at radius 3 is 2.69 bits per heavy atom. The van der Waals surface area contributed by atoms with Crippen LogP contribution < -0.4 is 9.47 Å². The van der Waals surface area contributed by atoms with Crippen molar-refractivity contribution in [2.75, 3.05) is 13.8 Å². The van der Waals surface area contributed by atoms with Crippen LogP contribution in [0.15, 0.2) is 18.2 Å². The van der Waals surface area contributed by atoms with E-state index in [0.29, 0.717) is 17.9 Å². The first kappa shape index (κ1) is 15.8. The predicted molar refractivity (Wildman–Crippen MR) is 92.0 cm³/mol. The molecule has 7 nitrogen and oxygen atoms in total. The average molecular weight is 371 g/mol. The Kier molecular flexibility index (Phi) is 2.72. The van der Waals surface area contributed by atoms with Gasteiger partial charge in [-0.1, -0.05) is 17.8 Å². The summed E-state index contributed by atoms with van der Waals surface area (Å²) in [6.45, 7) is 3.76. The fourth-order valence-electron chi connectivity index (χ4n) is 4.73. The number of ether oxygens (including phenoxy) is 2. The number of piperazine rings is 1. The van der Waals surface area contributed by atoms with Crippen LogP contribution in [0.5, 0.6) is 11.5 Å². The largest absolute Gasteiger partial charge is 0.454 e. The molecule has 0 saturated carbocycles. The topological polar surface area (TPSA) is 82.9 Å². The van der Waals surface area contributed by atoms with Gasteiger partial charge in [-0.15, -0.1) is 0 Å². The van der Waals surface area contributed by atoms with Crippen molar-refractivity contribution in [1.82, 2.24) is 9.80 Å². The minimum absolute atomic E-state index is 0.102. The summed E-state index contributed by atoms with van der Waals surface area (Å²) in [5, 5.41) is 9.95. The smallest absolute Gasteiger partial charge is 0.261 e. The maximum Gasteiger partial charge on any atom is 0.261 e. The van der Waals surface area contributed by atoms with Gasteiger partial charge in [0.1, 0.15) is 0 Å². The molecule has 1 aromatic carbocycles. The number of likely N-dealkylation sites (N-methyl/N-ethyl adjacent to an activating group) is 1. The van der Waals surface area contributed by atoms with Crippen molar-refractivity contribution in [3.63, 3.8) is 0 Å². The van der Waals surface area contributed by atoms with E-state index in [1.54, 1.807) is 24.9 Å². The SMILES string of the molecule is CN1C(=O)[C@@]23C[C@](C)(C#N)[C@H](c4ccc5c(c4)OCO5)N2C(=O)[C@]1(C)S3. The number of benzene rings is 1. The molecular weight excluding hydrogens is 354 g/mol. The van der Waals surface area contributed by atoms with E-state index in [9.17, 15) is 14.9 Å². The molecule has 0 N–H and O–H groups in total. The first-order valence-corrected chi connectivity index (χ1v) is 9.21. The first-order chi connectivity index (χ1) is 12.3. The lowest BCUT2D eigenvalue weighted by Gasteiger charge is -2.40. The molecule has 1 spiro atoms. The molecule has 8 heteroatoms. The summed E-state index contributed by atoms with van der Waals surface area (Å²) in [6, 6.07) is 7.34. The maximum atomic E-state index is 13.3. The van der Waals surface area contributed by atoms with Gasteiger partial charge in [-0.05, 0) is 31.5 Å². The van der Waals surface area contributed by atoms with Gasteiger partial charge in [-0.3, -0.25) is 9.59 Å². The third-order valence-corrected chi connectivity index (χ3v) is 7.79. The summed E-state index contributed by atoms with van der Waals surface area (Å²) in [5.74, 6) is 1.02. The van der Waals surface area contributed by atoms with E-state index in [4.69, 9.17) is 9.47 Å². The first-order valence-electron chi connectivity index (χ1n) is 8.40. The normalized spacial score (nSPS) is 39.5. The van der Waals surface area contributed by atoms with E-state index in [0.717, 1.165) is 5.56 Å². The van der Waals surface area contributed by atoms with Crippen LogP contribution in [0.1, 0.15) is 31.9 Å². The van der Waals surface area contributed by atoms with Gasteiger partial charge in [0.05, 0.1) is 17.5 Å². The molecule has 3 fully saturated rings. The summed E-state index contributed by atoms with van der Waals surface area (Å²) in [5.41, 5.74) is -0.0887. The summed E-state index contributed by atoms with van der Waals surface area (Å²) in [7, 11) is 1.66. The number of nitriles is 1. The van der Waals surface area contributed by atoms with Crippen molar-refractivity contribution in [3.8, 4) is 17.6 Å². The van der Waals surface area contributed by atoms with E-state index in [1.165, 1.54) is 16.7 Å². The van der Waals surface area contributed by atoms with Crippen molar-refractivity contribution in [2.24, 2.45) is 5.41 Å². The lowest BCUT2D eigenvalue weighted by atomic mass is 9.79. The fourth-order valence-corrected chi connectivity index (χ4v) is 6.67. The van der Waals surface area contributed by atoms with Crippen molar-refractivity contribution < 1.29 is 19.1 Å². The molecule has 0 radical (unpaired) electrons. The second-order valence-electron chi connectivity index (χ2n) is 7.63. The number of thioether (sulfide) groups is 1. The maximum absolute atomic E-state index is 13.3. The number of fused-ring (bicyclic) bond motifs is 2. The summed E-state index contributed by atoms with van der Waals surface area (Å²) >= 11 is 1.36. The molecule has 0 unspecified atom stereocenters. The van der Waals surface area contributed by atoms with Crippen LogP contribution in [0.4, 0.5) is 0 Å². The number of carbonyl (C=O) groups is 2. The molecule has 0 aliphatic carbocycles. The molecule has 4 aliphatic heterocycles. The van der Waals surface area contributed by atoms with Crippen molar-refractivity contribution in [1.29, 1.82) is 5.26 Å². The number of hydrogen-bond donors (Lipinski definition) is 0. The molecule has 26 heavy (non-hydrogen) atoms. The minimum atomic E-state index is -1.01. The van der Waals surface area contributed by atoms with Gasteiger partial charge in [-0.25, -0.2) is 0 Å². The molecule has 5 rings (SSSR count). The lowest BCUT2D eigenvalue weighted by Crippen LogP contribution is -2.60. The highest BCUT2D eigenvalue weighted by Crippen LogP contribution is 2.69. The quantitative estimate of drug-likeness (QED) is 0.749. The predicted octanol–water partition coefficient (Wildman–Crippen LogP) is 1.85. The summed E-state index contributed by atoms with van der Waals surface area (Å²) in [4.78, 5) is 27.6. The highest BCUT2D eigenvalue weighted by Gasteiger charge is 2.78. The minimum Gasteiger partial charge on any atom is -0.454 e. The zero-order valence-electron chi connectivity index (χ0n) is 14.6. The van der Waals surface area contributed by atoms with Crippen LogP contribution in [-0.4, -0.2) is 45.2 Å². The third kappa shape index (κ3) is 1.52. The molecule has 2 bridgehead atoms. The van der Waals surface area contributed by atoms with Crippen LogP contribution in [0.3, 0.4) is 0 Å². The Morgan fingerprint density at radius 1 is 1.23 bits per heavy atom. The number of rotatable bonds is 1. The van der Waals surface area contributed by atoms with Gasteiger partial charge < -0.3 is 19.3 Å². The standard InChI is InChI=1S/C18H17N3O4S/c1-16(8-19)7-18-15(23)20(3)17(2,26-18)14(22)21(18)13(16)10-4-5-11-12(6-10)25-9-24-11/h4-6,13H,7,9H2,1-3H3/t13-,16+,17-,18-/m0/s1. The van der Waals surface area contributed by atoms with Gasteiger partial charge in [0.15, 0.2) is 21.2 Å². The Labute approximate surface area is 154 Å². The van der Waals surface area contributed by atoms with E-state index in [-0.39, 0.29) is 18.6 Å². The Bertz CT molecular complexity index is 930. The van der Waals surface area contributed by atoms with Crippen LogP contribution in [0, 0.1) is 16.7 Å². The molecule has 4 atom stereocenters. The second kappa shape index (κ2) is 4.46. The lowest BCUT2D eigenvalue weighted by molar-refractivity contribution is -0.159. The second-order valence-corrected chi connectivity index (χ2v) is 9.30. The van der Waals surface area contributed by atoms with E-state index in [1.807, 2.05) is 19.1 Å². The molecule has 1 aromatic rings. The van der Waals surface area contributed by atoms with Crippen LogP contribution in [-0.2, 0) is 9.59 Å². The van der Waals surface area contributed by atoms with Crippen LogP contribution in [0.25, 0.3) is 0 Å². The molecule has 134 valence electrons. The fraction of sp³-hybridized carbons (Fsp3) is 0.500. The highest BCUT2D eigenvalue weighted by molar-refractivity contribution is 8.04. The number of hydrogen-bond acceptors (Lipinski definition) is 6. The molecule has 2 amide bonds. The molecular formula is C18H17N3O4S. The molecule has 4 aliphatic rings. The Balaban J connectivity index is 1.69. The van der Waals surface area contributed by atoms with Crippen molar-refractivity contribution >= 4 is 23.6 Å². The van der Waals surface area contributed by atoms with Crippen molar-refractivity contribution in [2.45, 2.75) is 36.1 Å². The average Bonchev–Trinajstić information content (AvgIpc) is 3.28. The molecule has 0 aromatic heterocycles. The van der Waals surface area contributed by atoms with Crippen LogP contribution in [0.2, 0.25) is 0 Å². The zero-order valence-corrected chi connectivity index (χ0v) is 15.4. The summed E-state index contributed by atoms with van der Waals surface area (Å²) in [6.07, 6.45) is 0.310.